The van der Waals surface area contributed by atoms with Gasteiger partial charge in [0.1, 0.15) is 0 Å². The van der Waals surface area contributed by atoms with E-state index in [9.17, 15) is 0 Å². The lowest BCUT2D eigenvalue weighted by Crippen LogP contribution is -2.46. The summed E-state index contributed by atoms with van der Waals surface area (Å²) in [5.74, 6) is 2.60. The first-order valence-electron chi connectivity index (χ1n) is 19.0. The molecule has 0 unspecified atom stereocenters. The van der Waals surface area contributed by atoms with Gasteiger partial charge in [-0.1, -0.05) is 44.9 Å². The number of hydrogen-bond acceptors (Lipinski definition) is 12. The van der Waals surface area contributed by atoms with Crippen LogP contribution in [0.3, 0.4) is 0 Å². The molecular weight excluding hydrogens is 661 g/mol. The third-order valence-corrected chi connectivity index (χ3v) is 14.5. The molecule has 0 atom stereocenters. The molecule has 2 heterocycles. The minimum atomic E-state index is -2.66. The van der Waals surface area contributed by atoms with Crippen molar-refractivity contribution in [1.29, 1.82) is 0 Å². The van der Waals surface area contributed by atoms with E-state index in [-0.39, 0.29) is 0 Å². The van der Waals surface area contributed by atoms with Gasteiger partial charge in [-0.2, -0.15) is 20.2 Å². The molecule has 0 aliphatic carbocycles. The van der Waals surface area contributed by atoms with Crippen molar-refractivity contribution in [2.24, 2.45) is 0 Å². The van der Waals surface area contributed by atoms with Crippen molar-refractivity contribution in [3.05, 3.63) is 11.6 Å². The van der Waals surface area contributed by atoms with Crippen molar-refractivity contribution in [3.8, 4) is 0 Å². The van der Waals surface area contributed by atoms with E-state index in [1.165, 1.54) is 44.9 Å². The summed E-state index contributed by atoms with van der Waals surface area (Å²) in [6.45, 7) is 16.7. The maximum Gasteiger partial charge on any atom is 0.500 e. The van der Waals surface area contributed by atoms with Crippen LogP contribution in [0.5, 0.6) is 0 Å². The molecule has 49 heavy (non-hydrogen) atoms. The standard InChI is InChI=1S/C33H68N8O6Si2/c1-7-42-48(43-8-2,44-9-3)28-22-26-40-32(34)36-30(38-40)24-20-18-16-14-13-15-17-19-21-25-31-37-33(35)41(39-31)27-23-29-49(45-10-4,46-11-5)47-12-6/h7-29H2,1-6H3,(H2,34,36,38)(H2,35,37,39). The van der Waals surface area contributed by atoms with Crippen LogP contribution in [0.4, 0.5) is 11.9 Å². The van der Waals surface area contributed by atoms with Crippen LogP contribution in [-0.4, -0.2) is 86.8 Å². The van der Waals surface area contributed by atoms with Crippen molar-refractivity contribution in [2.45, 2.75) is 150 Å². The highest BCUT2D eigenvalue weighted by molar-refractivity contribution is 6.61. The molecule has 0 saturated carbocycles. The zero-order valence-electron chi connectivity index (χ0n) is 31.6. The number of aromatic nitrogens is 6. The van der Waals surface area contributed by atoms with Crippen molar-refractivity contribution in [3.63, 3.8) is 0 Å². The molecule has 0 radical (unpaired) electrons. The lowest BCUT2D eigenvalue weighted by atomic mass is 10.1. The summed E-state index contributed by atoms with van der Waals surface area (Å²) in [4.78, 5) is 8.99. The number of unbranched alkanes of at least 4 members (excludes halogenated alkanes) is 8. The Morgan fingerprint density at radius 2 is 0.735 bits per heavy atom. The summed E-state index contributed by atoms with van der Waals surface area (Å²) in [5.41, 5.74) is 12.3. The smallest absolute Gasteiger partial charge is 0.374 e. The van der Waals surface area contributed by atoms with Crippen LogP contribution in [0, 0.1) is 0 Å². The summed E-state index contributed by atoms with van der Waals surface area (Å²) in [6, 6.07) is 1.47. The predicted octanol–water partition coefficient (Wildman–Crippen LogP) is 6.21. The molecule has 0 aliphatic rings. The molecule has 4 N–H and O–H groups in total. The SMILES string of the molecule is CCO[Si](CCCn1nc(CCCCCCCCCCCc2nc(N)n(CCC[Si](OCC)(OCC)OCC)n2)nc1N)(OCC)OCC. The van der Waals surface area contributed by atoms with E-state index < -0.39 is 17.6 Å². The van der Waals surface area contributed by atoms with E-state index in [0.29, 0.717) is 64.6 Å². The summed E-state index contributed by atoms with van der Waals surface area (Å²) in [7, 11) is -5.31. The van der Waals surface area contributed by atoms with Crippen LogP contribution in [0.25, 0.3) is 0 Å². The lowest BCUT2D eigenvalue weighted by molar-refractivity contribution is 0.0696. The molecule has 2 aromatic rings. The molecule has 16 heteroatoms. The van der Waals surface area contributed by atoms with Gasteiger partial charge in [-0.05, 0) is 67.2 Å². The number of nitrogen functional groups attached to an aromatic ring is 2. The number of hydrogen-bond donors (Lipinski definition) is 2. The van der Waals surface area contributed by atoms with Gasteiger partial charge >= 0.3 is 17.6 Å². The van der Waals surface area contributed by atoms with E-state index in [0.717, 1.165) is 62.3 Å². The number of nitrogens with zero attached hydrogens (tertiary/aromatic N) is 6. The second-order valence-electron chi connectivity index (χ2n) is 12.1. The zero-order chi connectivity index (χ0) is 35.8. The van der Waals surface area contributed by atoms with E-state index in [1.807, 2.05) is 41.5 Å². The predicted molar refractivity (Wildman–Crippen MR) is 198 cm³/mol. The van der Waals surface area contributed by atoms with Crippen LogP contribution in [0.1, 0.15) is 124 Å². The number of nitrogens with two attached hydrogens (primary N) is 2. The Bertz CT molecular complexity index is 1010. The van der Waals surface area contributed by atoms with Crippen LogP contribution >= 0.6 is 0 Å². The Kier molecular flexibility index (Phi) is 22.1. The van der Waals surface area contributed by atoms with E-state index in [4.69, 9.17) is 38.0 Å². The first-order chi connectivity index (χ1) is 23.8. The Balaban J connectivity index is 1.56. The topological polar surface area (TPSA) is 169 Å². The van der Waals surface area contributed by atoms with Crippen LogP contribution in [0.2, 0.25) is 12.1 Å². The molecule has 0 fully saturated rings. The Labute approximate surface area is 298 Å². The van der Waals surface area contributed by atoms with E-state index in [1.54, 1.807) is 9.36 Å². The van der Waals surface area contributed by atoms with Gasteiger partial charge in [-0.25, -0.2) is 9.36 Å². The highest BCUT2D eigenvalue weighted by Gasteiger charge is 2.40. The average molecular weight is 729 g/mol. The number of anilines is 2. The molecule has 0 saturated heterocycles. The molecular formula is C33H68N8O6Si2. The van der Waals surface area contributed by atoms with Crippen LogP contribution in [0.15, 0.2) is 0 Å². The van der Waals surface area contributed by atoms with E-state index >= 15 is 0 Å². The summed E-state index contributed by atoms with van der Waals surface area (Å²) in [6.07, 6.45) is 14.1. The fourth-order valence-corrected chi connectivity index (χ4v) is 11.2. The minimum Gasteiger partial charge on any atom is -0.374 e. The highest BCUT2D eigenvalue weighted by Crippen LogP contribution is 2.21. The third kappa shape index (κ3) is 16.3. The van der Waals surface area contributed by atoms with Gasteiger partial charge in [0, 0.05) is 77.7 Å². The fraction of sp³-hybridized carbons (Fsp3) is 0.879. The van der Waals surface area contributed by atoms with Gasteiger partial charge < -0.3 is 38.0 Å². The van der Waals surface area contributed by atoms with E-state index in [2.05, 4.69) is 20.2 Å². The monoisotopic (exact) mass is 728 g/mol. The molecule has 0 spiro atoms. The largest absolute Gasteiger partial charge is 0.500 e. The first kappa shape index (κ1) is 43.2. The quantitative estimate of drug-likeness (QED) is 0.0647. The molecule has 14 nitrogen and oxygen atoms in total. The van der Waals surface area contributed by atoms with Gasteiger partial charge in [0.25, 0.3) is 0 Å². The second kappa shape index (κ2) is 25.1. The second-order valence-corrected chi connectivity index (χ2v) is 17.5. The molecule has 2 rings (SSSR count). The summed E-state index contributed by atoms with van der Waals surface area (Å²) < 4.78 is 39.3. The Hall–Kier alpha value is -1.93. The highest BCUT2D eigenvalue weighted by atomic mass is 28.4. The van der Waals surface area contributed by atoms with Crippen LogP contribution < -0.4 is 11.5 Å². The summed E-state index contributed by atoms with van der Waals surface area (Å²) in [5, 5.41) is 9.31. The van der Waals surface area contributed by atoms with Crippen molar-refractivity contribution in [1.82, 2.24) is 29.5 Å². The van der Waals surface area contributed by atoms with Gasteiger partial charge in [-0.15, -0.1) is 0 Å². The van der Waals surface area contributed by atoms with Crippen molar-refractivity contribution >= 4 is 29.5 Å². The van der Waals surface area contributed by atoms with Crippen molar-refractivity contribution in [2.75, 3.05) is 51.1 Å². The summed E-state index contributed by atoms with van der Waals surface area (Å²) >= 11 is 0. The van der Waals surface area contributed by atoms with Gasteiger partial charge in [0.15, 0.2) is 11.6 Å². The van der Waals surface area contributed by atoms with Gasteiger partial charge in [-0.3, -0.25) is 0 Å². The van der Waals surface area contributed by atoms with Gasteiger partial charge in [0.2, 0.25) is 11.9 Å². The molecule has 0 aliphatic heterocycles. The Morgan fingerprint density at radius 1 is 0.449 bits per heavy atom. The van der Waals surface area contributed by atoms with Crippen molar-refractivity contribution < 1.29 is 26.6 Å². The average Bonchev–Trinajstić information content (AvgIpc) is 3.60. The number of rotatable bonds is 32. The van der Waals surface area contributed by atoms with Crippen LogP contribution in [-0.2, 0) is 52.5 Å². The maximum absolute atomic E-state index is 6.17. The zero-order valence-corrected chi connectivity index (χ0v) is 33.6. The third-order valence-electron chi connectivity index (χ3n) is 8.18. The lowest BCUT2D eigenvalue weighted by Gasteiger charge is -2.28. The first-order valence-corrected chi connectivity index (χ1v) is 22.9. The fourth-order valence-electron chi connectivity index (χ4n) is 6.04. The molecule has 0 bridgehead atoms. The molecule has 284 valence electrons. The molecule has 2 aromatic heterocycles. The maximum atomic E-state index is 6.17. The minimum absolute atomic E-state index is 0.473. The molecule has 0 aromatic carbocycles. The normalized spacial score (nSPS) is 12.4. The van der Waals surface area contributed by atoms with Gasteiger partial charge in [0.05, 0.1) is 0 Å². The Morgan fingerprint density at radius 3 is 1.02 bits per heavy atom. The number of aryl methyl sites for hydroxylation is 4. The molecule has 0 amide bonds.